The highest BCUT2D eigenvalue weighted by atomic mass is 16.5. The Balaban J connectivity index is 1.89. The third kappa shape index (κ3) is 2.21. The average Bonchev–Trinajstić information content (AvgIpc) is 2.91. The number of nitrogens with one attached hydrogen (secondary N) is 2. The van der Waals surface area contributed by atoms with Crippen molar-refractivity contribution in [1.29, 1.82) is 0 Å². The SMILES string of the molecule is COc1cccc(NC(=O)c2c[nH]c3ncccc23)c1. The zero-order valence-electron chi connectivity index (χ0n) is 10.9. The molecule has 3 aromatic rings. The number of hydrogen-bond donors (Lipinski definition) is 2. The minimum absolute atomic E-state index is 0.183. The maximum atomic E-state index is 12.3. The summed E-state index contributed by atoms with van der Waals surface area (Å²) in [4.78, 5) is 19.4. The number of ether oxygens (including phenoxy) is 1. The summed E-state index contributed by atoms with van der Waals surface area (Å²) >= 11 is 0. The van der Waals surface area contributed by atoms with Crippen molar-refractivity contribution >= 4 is 22.6 Å². The van der Waals surface area contributed by atoms with E-state index >= 15 is 0 Å². The fraction of sp³-hybridized carbons (Fsp3) is 0.0667. The first-order chi connectivity index (χ1) is 9.78. The van der Waals surface area contributed by atoms with E-state index in [4.69, 9.17) is 4.74 Å². The second-order valence-corrected chi connectivity index (χ2v) is 4.29. The molecule has 20 heavy (non-hydrogen) atoms. The number of benzene rings is 1. The maximum absolute atomic E-state index is 12.3. The van der Waals surface area contributed by atoms with E-state index < -0.39 is 0 Å². The van der Waals surface area contributed by atoms with E-state index in [-0.39, 0.29) is 5.91 Å². The van der Waals surface area contributed by atoms with Crippen molar-refractivity contribution in [2.24, 2.45) is 0 Å². The van der Waals surface area contributed by atoms with Crippen LogP contribution in [0.5, 0.6) is 5.75 Å². The Hall–Kier alpha value is -2.82. The summed E-state index contributed by atoms with van der Waals surface area (Å²) in [6, 6.07) is 10.9. The number of anilines is 1. The number of amides is 1. The zero-order valence-corrected chi connectivity index (χ0v) is 10.9. The van der Waals surface area contributed by atoms with Gasteiger partial charge in [-0.15, -0.1) is 0 Å². The van der Waals surface area contributed by atoms with Gasteiger partial charge in [-0.3, -0.25) is 4.79 Å². The van der Waals surface area contributed by atoms with E-state index in [2.05, 4.69) is 15.3 Å². The van der Waals surface area contributed by atoms with Crippen LogP contribution in [0.25, 0.3) is 11.0 Å². The largest absolute Gasteiger partial charge is 0.497 e. The minimum Gasteiger partial charge on any atom is -0.497 e. The quantitative estimate of drug-likeness (QED) is 0.766. The molecule has 1 amide bonds. The van der Waals surface area contributed by atoms with Gasteiger partial charge < -0.3 is 15.0 Å². The van der Waals surface area contributed by atoms with Gasteiger partial charge >= 0.3 is 0 Å². The van der Waals surface area contributed by atoms with Gasteiger partial charge in [-0.2, -0.15) is 0 Å². The van der Waals surface area contributed by atoms with Gasteiger partial charge in [0.2, 0.25) is 0 Å². The number of rotatable bonds is 3. The van der Waals surface area contributed by atoms with Crippen LogP contribution in [0.2, 0.25) is 0 Å². The molecule has 0 fully saturated rings. The first-order valence-corrected chi connectivity index (χ1v) is 6.15. The molecule has 3 rings (SSSR count). The second-order valence-electron chi connectivity index (χ2n) is 4.29. The van der Waals surface area contributed by atoms with E-state index in [1.165, 1.54) is 0 Å². The lowest BCUT2D eigenvalue weighted by molar-refractivity contribution is 0.102. The Labute approximate surface area is 115 Å². The van der Waals surface area contributed by atoms with Crippen LogP contribution >= 0.6 is 0 Å². The fourth-order valence-corrected chi connectivity index (χ4v) is 2.04. The number of pyridine rings is 1. The Bertz CT molecular complexity index is 764. The van der Waals surface area contributed by atoms with Crippen molar-refractivity contribution in [3.05, 3.63) is 54.4 Å². The number of hydrogen-bond acceptors (Lipinski definition) is 3. The predicted octanol–water partition coefficient (Wildman–Crippen LogP) is 2.82. The molecule has 100 valence electrons. The van der Waals surface area contributed by atoms with Gasteiger partial charge in [0.1, 0.15) is 11.4 Å². The fourth-order valence-electron chi connectivity index (χ4n) is 2.04. The van der Waals surface area contributed by atoms with Crippen LogP contribution in [0, 0.1) is 0 Å². The summed E-state index contributed by atoms with van der Waals surface area (Å²) in [7, 11) is 1.59. The van der Waals surface area contributed by atoms with E-state index in [1.54, 1.807) is 31.6 Å². The molecule has 0 aliphatic carbocycles. The standard InChI is InChI=1S/C15H13N3O2/c1-20-11-5-2-4-10(8-11)18-15(19)13-9-17-14-12(13)6-3-7-16-14/h2-9H,1H3,(H,16,17)(H,18,19). The summed E-state index contributed by atoms with van der Waals surface area (Å²) in [5, 5.41) is 3.64. The van der Waals surface area contributed by atoms with Gasteiger partial charge in [0.25, 0.3) is 5.91 Å². The van der Waals surface area contributed by atoms with Gasteiger partial charge in [0.15, 0.2) is 0 Å². The molecule has 2 N–H and O–H groups in total. The first kappa shape index (κ1) is 12.2. The molecule has 0 aliphatic heterocycles. The lowest BCUT2D eigenvalue weighted by atomic mass is 10.2. The number of H-pyrrole nitrogens is 1. The molecule has 0 spiro atoms. The van der Waals surface area contributed by atoms with Crippen LogP contribution in [0.4, 0.5) is 5.69 Å². The second kappa shape index (κ2) is 5.05. The molecule has 0 saturated carbocycles. The molecule has 0 bridgehead atoms. The summed E-state index contributed by atoms with van der Waals surface area (Å²) in [6.07, 6.45) is 3.34. The van der Waals surface area contributed by atoms with E-state index in [1.807, 2.05) is 24.3 Å². The molecule has 0 atom stereocenters. The van der Waals surface area contributed by atoms with Crippen molar-refractivity contribution in [2.75, 3.05) is 12.4 Å². The molecular weight excluding hydrogens is 254 g/mol. The third-order valence-corrected chi connectivity index (χ3v) is 3.02. The Morgan fingerprint density at radius 1 is 1.30 bits per heavy atom. The number of fused-ring (bicyclic) bond motifs is 1. The van der Waals surface area contributed by atoms with Gasteiger partial charge in [-0.25, -0.2) is 4.98 Å². The molecule has 2 heterocycles. The van der Waals surface area contributed by atoms with Crippen LogP contribution < -0.4 is 10.1 Å². The summed E-state index contributed by atoms with van der Waals surface area (Å²) in [6.45, 7) is 0. The van der Waals surface area contributed by atoms with E-state index in [9.17, 15) is 4.79 Å². The smallest absolute Gasteiger partial charge is 0.257 e. The predicted molar refractivity (Wildman–Crippen MR) is 77.0 cm³/mol. The lowest BCUT2D eigenvalue weighted by Gasteiger charge is -2.06. The first-order valence-electron chi connectivity index (χ1n) is 6.15. The van der Waals surface area contributed by atoms with Crippen molar-refractivity contribution < 1.29 is 9.53 Å². The van der Waals surface area contributed by atoms with Crippen molar-refractivity contribution in [3.8, 4) is 5.75 Å². The summed E-state index contributed by atoms with van der Waals surface area (Å²) in [5.41, 5.74) is 1.95. The van der Waals surface area contributed by atoms with Crippen LogP contribution in [0.3, 0.4) is 0 Å². The molecule has 0 saturated heterocycles. The van der Waals surface area contributed by atoms with Gasteiger partial charge in [-0.05, 0) is 24.3 Å². The van der Waals surface area contributed by atoms with Crippen molar-refractivity contribution in [3.63, 3.8) is 0 Å². The van der Waals surface area contributed by atoms with E-state index in [0.717, 1.165) is 5.39 Å². The van der Waals surface area contributed by atoms with Crippen molar-refractivity contribution in [2.45, 2.75) is 0 Å². The van der Waals surface area contributed by atoms with Gasteiger partial charge in [0.05, 0.1) is 12.7 Å². The molecule has 5 heteroatoms. The van der Waals surface area contributed by atoms with Gasteiger partial charge in [-0.1, -0.05) is 6.07 Å². The number of aromatic amines is 1. The normalized spacial score (nSPS) is 10.4. The van der Waals surface area contributed by atoms with Crippen LogP contribution in [0.1, 0.15) is 10.4 Å². The Morgan fingerprint density at radius 3 is 3.05 bits per heavy atom. The molecule has 2 aromatic heterocycles. The zero-order chi connectivity index (χ0) is 13.9. The monoisotopic (exact) mass is 267 g/mol. The molecule has 5 nitrogen and oxygen atoms in total. The van der Waals surface area contributed by atoms with Gasteiger partial charge in [0, 0.05) is 29.5 Å². The number of methoxy groups -OCH3 is 1. The summed E-state index contributed by atoms with van der Waals surface area (Å²) < 4.78 is 5.13. The van der Waals surface area contributed by atoms with Crippen LogP contribution in [-0.4, -0.2) is 23.0 Å². The Kier molecular flexibility index (Phi) is 3.09. The summed E-state index contributed by atoms with van der Waals surface area (Å²) in [5.74, 6) is 0.515. The lowest BCUT2D eigenvalue weighted by Crippen LogP contribution is -2.11. The molecule has 0 unspecified atom stereocenters. The maximum Gasteiger partial charge on any atom is 0.257 e. The highest BCUT2D eigenvalue weighted by Gasteiger charge is 2.12. The molecular formula is C15H13N3O2. The minimum atomic E-state index is -0.183. The number of nitrogens with zero attached hydrogens (tertiary/aromatic N) is 1. The molecule has 0 aliphatic rings. The number of aromatic nitrogens is 2. The highest BCUT2D eigenvalue weighted by Crippen LogP contribution is 2.20. The molecule has 1 aromatic carbocycles. The highest BCUT2D eigenvalue weighted by molar-refractivity contribution is 6.12. The van der Waals surface area contributed by atoms with Crippen LogP contribution in [0.15, 0.2) is 48.8 Å². The van der Waals surface area contributed by atoms with Crippen molar-refractivity contribution in [1.82, 2.24) is 9.97 Å². The topological polar surface area (TPSA) is 67.0 Å². The number of carbonyl (C=O) groups excluding carboxylic acids is 1. The number of carbonyl (C=O) groups is 1. The van der Waals surface area contributed by atoms with E-state index in [0.29, 0.717) is 22.6 Å². The third-order valence-electron chi connectivity index (χ3n) is 3.02. The Morgan fingerprint density at radius 2 is 2.20 bits per heavy atom. The van der Waals surface area contributed by atoms with Crippen LogP contribution in [-0.2, 0) is 0 Å². The average molecular weight is 267 g/mol. The molecule has 0 radical (unpaired) electrons.